The zero-order chi connectivity index (χ0) is 14.0. The summed E-state index contributed by atoms with van der Waals surface area (Å²) in [5.41, 5.74) is 0.0326. The zero-order valence-electron chi connectivity index (χ0n) is 10.2. The Morgan fingerprint density at radius 2 is 1.68 bits per heavy atom. The van der Waals surface area contributed by atoms with Gasteiger partial charge in [-0.25, -0.2) is 4.79 Å². The highest BCUT2D eigenvalue weighted by molar-refractivity contribution is 6.41. The summed E-state index contributed by atoms with van der Waals surface area (Å²) < 4.78 is 15.1. The molecule has 0 aliphatic heterocycles. The van der Waals surface area contributed by atoms with Gasteiger partial charge in [0.2, 0.25) is 0 Å². The Labute approximate surface area is 119 Å². The zero-order valence-corrected chi connectivity index (χ0v) is 11.7. The fourth-order valence-electron chi connectivity index (χ4n) is 1.68. The third kappa shape index (κ3) is 2.41. The Morgan fingerprint density at radius 1 is 1.11 bits per heavy atom. The van der Waals surface area contributed by atoms with Crippen LogP contribution in [0, 0.1) is 0 Å². The number of ether oxygens (including phenoxy) is 2. The molecule has 4 nitrogen and oxygen atoms in total. The van der Waals surface area contributed by atoms with Gasteiger partial charge < -0.3 is 13.9 Å². The van der Waals surface area contributed by atoms with Crippen LogP contribution in [0.5, 0.6) is 11.5 Å². The third-order valence-corrected chi connectivity index (χ3v) is 3.33. The van der Waals surface area contributed by atoms with E-state index in [0.717, 1.165) is 0 Å². The predicted molar refractivity (Wildman–Crippen MR) is 73.5 cm³/mol. The van der Waals surface area contributed by atoms with E-state index in [9.17, 15) is 4.79 Å². The van der Waals surface area contributed by atoms with Crippen molar-refractivity contribution in [2.75, 3.05) is 14.2 Å². The maximum absolute atomic E-state index is 11.8. The van der Waals surface area contributed by atoms with E-state index in [4.69, 9.17) is 37.1 Å². The summed E-state index contributed by atoms with van der Waals surface area (Å²) in [7, 11) is 2.93. The summed E-state index contributed by atoms with van der Waals surface area (Å²) in [4.78, 5) is 11.8. The highest BCUT2D eigenvalue weighted by Gasteiger charge is 2.20. The highest BCUT2D eigenvalue weighted by atomic mass is 35.5. The quantitative estimate of drug-likeness (QED) is 0.868. The molecule has 100 valence electrons. The van der Waals surface area contributed by atoms with Crippen molar-refractivity contribution < 1.29 is 13.9 Å². The lowest BCUT2D eigenvalue weighted by Crippen LogP contribution is -2.03. The molecule has 0 radical (unpaired) electrons. The summed E-state index contributed by atoms with van der Waals surface area (Å²) in [6, 6.07) is 4.70. The van der Waals surface area contributed by atoms with Gasteiger partial charge in [0.05, 0.1) is 36.1 Å². The molecular formula is C13H10Cl2O4. The molecule has 0 aliphatic rings. The Balaban J connectivity index is 2.82. The lowest BCUT2D eigenvalue weighted by molar-refractivity contribution is 0.395. The fourth-order valence-corrected chi connectivity index (χ4v) is 2.38. The number of halogens is 2. The molecule has 1 aromatic heterocycles. The average molecular weight is 301 g/mol. The number of benzene rings is 1. The van der Waals surface area contributed by atoms with Gasteiger partial charge in [-0.05, 0) is 12.1 Å². The van der Waals surface area contributed by atoms with E-state index < -0.39 is 5.63 Å². The first-order chi connectivity index (χ1) is 9.10. The van der Waals surface area contributed by atoms with Crippen LogP contribution in [0.2, 0.25) is 10.0 Å². The molecule has 0 N–H and O–H groups in total. The Morgan fingerprint density at radius 3 is 2.16 bits per heavy atom. The van der Waals surface area contributed by atoms with E-state index in [0.29, 0.717) is 17.1 Å². The minimum Gasteiger partial charge on any atom is -0.495 e. The van der Waals surface area contributed by atoms with E-state index in [1.54, 1.807) is 18.2 Å². The second-order valence-corrected chi connectivity index (χ2v) is 4.35. The molecule has 0 atom stereocenters. The minimum absolute atomic E-state index is 0.229. The van der Waals surface area contributed by atoms with Crippen molar-refractivity contribution in [3.8, 4) is 22.6 Å². The maximum atomic E-state index is 11.8. The second kappa shape index (κ2) is 5.55. The van der Waals surface area contributed by atoms with Crippen LogP contribution in [-0.2, 0) is 0 Å². The molecule has 0 bridgehead atoms. The van der Waals surface area contributed by atoms with Crippen LogP contribution in [0.25, 0.3) is 11.1 Å². The lowest BCUT2D eigenvalue weighted by atomic mass is 10.1. The normalized spacial score (nSPS) is 10.3. The number of methoxy groups -OCH3 is 2. The van der Waals surface area contributed by atoms with Crippen molar-refractivity contribution in [2.24, 2.45) is 0 Å². The first-order valence-electron chi connectivity index (χ1n) is 5.28. The topological polar surface area (TPSA) is 48.7 Å². The molecule has 0 aliphatic carbocycles. The van der Waals surface area contributed by atoms with Gasteiger partial charge in [-0.2, -0.15) is 0 Å². The van der Waals surface area contributed by atoms with Gasteiger partial charge in [-0.3, -0.25) is 0 Å². The Bertz CT molecular complexity index is 636. The molecule has 6 heteroatoms. The predicted octanol–water partition coefficient (Wildman–Crippen LogP) is 3.63. The van der Waals surface area contributed by atoms with Crippen LogP contribution in [0.3, 0.4) is 0 Å². The van der Waals surface area contributed by atoms with Gasteiger partial charge in [-0.1, -0.05) is 23.2 Å². The molecule has 2 aromatic rings. The molecule has 1 heterocycles. The largest absolute Gasteiger partial charge is 0.495 e. The smallest absolute Gasteiger partial charge is 0.343 e. The summed E-state index contributed by atoms with van der Waals surface area (Å²) in [6.45, 7) is 0. The molecule has 0 saturated heterocycles. The SMILES string of the molecule is COc1cc(OC)c(Cl)c(-c2cccoc2=O)c1Cl. The molecule has 0 spiro atoms. The third-order valence-electron chi connectivity index (χ3n) is 2.58. The summed E-state index contributed by atoms with van der Waals surface area (Å²) in [5.74, 6) is 0.724. The van der Waals surface area contributed by atoms with Gasteiger partial charge in [0.15, 0.2) is 0 Å². The van der Waals surface area contributed by atoms with Crippen molar-refractivity contribution in [1.82, 2.24) is 0 Å². The number of hydrogen-bond acceptors (Lipinski definition) is 4. The van der Waals surface area contributed by atoms with Crippen LogP contribution < -0.4 is 15.1 Å². The Hall–Kier alpha value is -1.65. The lowest BCUT2D eigenvalue weighted by Gasteiger charge is -2.13. The minimum atomic E-state index is -0.540. The van der Waals surface area contributed by atoms with E-state index in [2.05, 4.69) is 0 Å². The van der Waals surface area contributed by atoms with E-state index in [1.165, 1.54) is 20.5 Å². The first kappa shape index (κ1) is 13.8. The Kier molecular flexibility index (Phi) is 4.02. The molecular weight excluding hydrogens is 291 g/mol. The summed E-state index contributed by atoms with van der Waals surface area (Å²) >= 11 is 12.4. The van der Waals surface area contributed by atoms with Gasteiger partial charge >= 0.3 is 5.63 Å². The van der Waals surface area contributed by atoms with Crippen molar-refractivity contribution in [1.29, 1.82) is 0 Å². The van der Waals surface area contributed by atoms with Gasteiger partial charge in [0, 0.05) is 11.6 Å². The van der Waals surface area contributed by atoms with Crippen LogP contribution in [-0.4, -0.2) is 14.2 Å². The molecule has 0 saturated carbocycles. The van der Waals surface area contributed by atoms with E-state index in [-0.39, 0.29) is 15.6 Å². The number of hydrogen-bond donors (Lipinski definition) is 0. The van der Waals surface area contributed by atoms with Crippen molar-refractivity contribution >= 4 is 23.2 Å². The molecule has 19 heavy (non-hydrogen) atoms. The first-order valence-corrected chi connectivity index (χ1v) is 6.04. The van der Waals surface area contributed by atoms with Crippen molar-refractivity contribution in [3.05, 3.63) is 44.9 Å². The van der Waals surface area contributed by atoms with E-state index in [1.807, 2.05) is 0 Å². The fraction of sp³-hybridized carbons (Fsp3) is 0.154. The second-order valence-electron chi connectivity index (χ2n) is 3.60. The van der Waals surface area contributed by atoms with Crippen LogP contribution in [0.1, 0.15) is 0 Å². The van der Waals surface area contributed by atoms with Gasteiger partial charge in [0.25, 0.3) is 0 Å². The average Bonchev–Trinajstić information content (AvgIpc) is 2.41. The molecule has 0 unspecified atom stereocenters. The van der Waals surface area contributed by atoms with Crippen LogP contribution in [0.15, 0.2) is 33.7 Å². The maximum Gasteiger partial charge on any atom is 0.343 e. The van der Waals surface area contributed by atoms with Crippen LogP contribution in [0.4, 0.5) is 0 Å². The summed E-state index contributed by atoms with van der Waals surface area (Å²) in [6.07, 6.45) is 1.28. The van der Waals surface area contributed by atoms with Crippen molar-refractivity contribution in [2.45, 2.75) is 0 Å². The monoisotopic (exact) mass is 300 g/mol. The van der Waals surface area contributed by atoms with Crippen LogP contribution >= 0.6 is 23.2 Å². The summed E-state index contributed by atoms with van der Waals surface area (Å²) in [5, 5.41) is 0.457. The molecule has 2 rings (SSSR count). The van der Waals surface area contributed by atoms with Gasteiger partial charge in [0.1, 0.15) is 11.5 Å². The van der Waals surface area contributed by atoms with E-state index >= 15 is 0 Å². The molecule has 0 amide bonds. The van der Waals surface area contributed by atoms with Gasteiger partial charge in [-0.15, -0.1) is 0 Å². The van der Waals surface area contributed by atoms with Crippen molar-refractivity contribution in [3.63, 3.8) is 0 Å². The molecule has 0 fully saturated rings. The standard InChI is InChI=1S/C13H10Cl2O4/c1-17-8-6-9(18-2)12(15)10(11(8)14)7-4-3-5-19-13(7)16/h3-6H,1-2H3. The molecule has 1 aromatic carbocycles. The highest BCUT2D eigenvalue weighted by Crippen LogP contribution is 2.44. The number of rotatable bonds is 3.